The van der Waals surface area contributed by atoms with E-state index in [0.29, 0.717) is 40.8 Å². The van der Waals surface area contributed by atoms with Crippen molar-refractivity contribution in [1.29, 1.82) is 0 Å². The highest BCUT2D eigenvalue weighted by molar-refractivity contribution is 6.36. The Morgan fingerprint density at radius 1 is 0.812 bits per heavy atom. The van der Waals surface area contributed by atoms with Gasteiger partial charge in [-0.15, -0.1) is 0 Å². The van der Waals surface area contributed by atoms with Crippen molar-refractivity contribution in [3.8, 4) is 0 Å². The highest BCUT2D eigenvalue weighted by atomic mass is 35.5. The Hall–Kier alpha value is -3.09. The van der Waals surface area contributed by atoms with Crippen molar-refractivity contribution < 1.29 is 14.0 Å². The lowest BCUT2D eigenvalue weighted by molar-refractivity contribution is -0.120. The Kier molecular flexibility index (Phi) is 8.48. The number of benzene rings is 3. The first-order valence-corrected chi connectivity index (χ1v) is 10.7. The Bertz CT molecular complexity index is 1050. The van der Waals surface area contributed by atoms with Gasteiger partial charge in [-0.3, -0.25) is 9.59 Å². The van der Waals surface area contributed by atoms with Gasteiger partial charge < -0.3 is 16.0 Å². The molecule has 3 aromatic rings. The summed E-state index contributed by atoms with van der Waals surface area (Å²) in [6.07, 6.45) is 0.111. The second-order valence-corrected chi connectivity index (χ2v) is 7.85. The standard InChI is InChI=1S/C24H22Cl2FN3O2/c25-21-2-1-3-22(26)20(21)14-23(31)29-13-12-28-19-10-6-17(7-11-19)24(32)30-15-16-4-8-18(27)9-5-16/h1-11,28H,12-15H2,(H,29,31)(H,30,32). The molecule has 0 aliphatic heterocycles. The average molecular weight is 474 g/mol. The van der Waals surface area contributed by atoms with Gasteiger partial charge >= 0.3 is 0 Å². The van der Waals surface area contributed by atoms with Crippen LogP contribution in [0.5, 0.6) is 0 Å². The fourth-order valence-electron chi connectivity index (χ4n) is 2.96. The minimum absolute atomic E-state index is 0.111. The SMILES string of the molecule is O=C(Cc1c(Cl)cccc1Cl)NCCNc1ccc(C(=O)NCc2ccc(F)cc2)cc1. The zero-order valence-corrected chi connectivity index (χ0v) is 18.6. The van der Waals surface area contributed by atoms with Gasteiger partial charge in [-0.1, -0.05) is 41.4 Å². The molecule has 0 spiro atoms. The molecule has 32 heavy (non-hydrogen) atoms. The largest absolute Gasteiger partial charge is 0.383 e. The fraction of sp³-hybridized carbons (Fsp3) is 0.167. The molecule has 2 amide bonds. The maximum absolute atomic E-state index is 12.9. The van der Waals surface area contributed by atoms with Gasteiger partial charge in [0, 0.05) is 40.9 Å². The summed E-state index contributed by atoms with van der Waals surface area (Å²) in [6.45, 7) is 1.25. The van der Waals surface area contributed by atoms with Crippen LogP contribution in [0.2, 0.25) is 10.0 Å². The van der Waals surface area contributed by atoms with Crippen LogP contribution < -0.4 is 16.0 Å². The van der Waals surface area contributed by atoms with Crippen LogP contribution >= 0.6 is 23.2 Å². The number of carbonyl (C=O) groups is 2. The summed E-state index contributed by atoms with van der Waals surface area (Å²) in [5.74, 6) is -0.700. The van der Waals surface area contributed by atoms with Crippen molar-refractivity contribution in [2.45, 2.75) is 13.0 Å². The number of carbonyl (C=O) groups excluding carboxylic acids is 2. The number of halogens is 3. The van der Waals surface area contributed by atoms with E-state index in [0.717, 1.165) is 11.3 Å². The molecule has 3 aromatic carbocycles. The van der Waals surface area contributed by atoms with E-state index < -0.39 is 0 Å². The number of amides is 2. The first-order valence-electron chi connectivity index (χ1n) is 9.98. The van der Waals surface area contributed by atoms with Crippen LogP contribution in [0.1, 0.15) is 21.5 Å². The first-order chi connectivity index (χ1) is 15.4. The summed E-state index contributed by atoms with van der Waals surface area (Å²) in [6, 6.07) is 18.1. The lowest BCUT2D eigenvalue weighted by atomic mass is 10.1. The minimum atomic E-state index is -0.312. The highest BCUT2D eigenvalue weighted by Crippen LogP contribution is 2.24. The molecule has 3 N–H and O–H groups in total. The molecule has 0 unspecified atom stereocenters. The summed E-state index contributed by atoms with van der Waals surface area (Å²) in [5, 5.41) is 9.73. The number of rotatable bonds is 9. The predicted molar refractivity (Wildman–Crippen MR) is 126 cm³/mol. The number of nitrogens with one attached hydrogen (secondary N) is 3. The Labute approximate surface area is 195 Å². The van der Waals surface area contributed by atoms with Gasteiger partial charge in [-0.25, -0.2) is 4.39 Å². The van der Waals surface area contributed by atoms with Crippen molar-refractivity contribution in [2.75, 3.05) is 18.4 Å². The van der Waals surface area contributed by atoms with Crippen LogP contribution in [0.25, 0.3) is 0 Å². The minimum Gasteiger partial charge on any atom is -0.383 e. The fourth-order valence-corrected chi connectivity index (χ4v) is 3.49. The van der Waals surface area contributed by atoms with Gasteiger partial charge in [-0.2, -0.15) is 0 Å². The summed E-state index contributed by atoms with van der Waals surface area (Å²) in [5.41, 5.74) is 2.76. The molecular formula is C24H22Cl2FN3O2. The molecule has 0 aliphatic carbocycles. The van der Waals surface area contributed by atoms with Crippen molar-refractivity contribution in [3.63, 3.8) is 0 Å². The second-order valence-electron chi connectivity index (χ2n) is 7.04. The van der Waals surface area contributed by atoms with Gasteiger partial charge in [0.25, 0.3) is 5.91 Å². The molecular weight excluding hydrogens is 452 g/mol. The van der Waals surface area contributed by atoms with E-state index in [1.54, 1.807) is 54.6 Å². The molecule has 8 heteroatoms. The normalized spacial score (nSPS) is 10.5. The van der Waals surface area contributed by atoms with E-state index in [9.17, 15) is 14.0 Å². The van der Waals surface area contributed by atoms with Crippen molar-refractivity contribution in [3.05, 3.63) is 99.3 Å². The topological polar surface area (TPSA) is 70.2 Å². The summed E-state index contributed by atoms with van der Waals surface area (Å²) < 4.78 is 12.9. The lowest BCUT2D eigenvalue weighted by Crippen LogP contribution is -2.30. The molecule has 0 saturated heterocycles. The Balaban J connectivity index is 1.39. The van der Waals surface area contributed by atoms with Crippen LogP contribution in [0.15, 0.2) is 66.7 Å². The van der Waals surface area contributed by atoms with Crippen molar-refractivity contribution in [2.24, 2.45) is 0 Å². The quantitative estimate of drug-likeness (QED) is 0.389. The summed E-state index contributed by atoms with van der Waals surface area (Å²) in [4.78, 5) is 24.4. The molecule has 0 radical (unpaired) electrons. The van der Waals surface area contributed by atoms with Crippen LogP contribution in [0.3, 0.4) is 0 Å². The molecule has 0 bridgehead atoms. The third-order valence-corrected chi connectivity index (χ3v) is 5.40. The third-order valence-electron chi connectivity index (χ3n) is 4.69. The summed E-state index contributed by atoms with van der Waals surface area (Å²) in [7, 11) is 0. The van der Waals surface area contributed by atoms with Gasteiger partial charge in [0.1, 0.15) is 5.82 Å². The monoisotopic (exact) mass is 473 g/mol. The van der Waals surface area contributed by atoms with E-state index in [-0.39, 0.29) is 24.1 Å². The van der Waals surface area contributed by atoms with Gasteiger partial charge in [-0.05, 0) is 59.7 Å². The van der Waals surface area contributed by atoms with Crippen LogP contribution in [0, 0.1) is 5.82 Å². The van der Waals surface area contributed by atoms with E-state index in [1.165, 1.54) is 12.1 Å². The number of hydrogen-bond acceptors (Lipinski definition) is 3. The van der Waals surface area contributed by atoms with E-state index >= 15 is 0 Å². The molecule has 3 rings (SSSR count). The third kappa shape index (κ3) is 6.97. The summed E-state index contributed by atoms with van der Waals surface area (Å²) >= 11 is 12.2. The first kappa shape index (κ1) is 23.6. The number of anilines is 1. The molecule has 0 heterocycles. The number of hydrogen-bond donors (Lipinski definition) is 3. The van der Waals surface area contributed by atoms with Crippen molar-refractivity contribution >= 4 is 40.7 Å². The lowest BCUT2D eigenvalue weighted by Gasteiger charge is -2.10. The Morgan fingerprint density at radius 2 is 1.47 bits per heavy atom. The molecule has 0 aromatic heterocycles. The van der Waals surface area contributed by atoms with Crippen molar-refractivity contribution in [1.82, 2.24) is 10.6 Å². The zero-order chi connectivity index (χ0) is 22.9. The highest BCUT2D eigenvalue weighted by Gasteiger charge is 2.10. The Morgan fingerprint density at radius 3 is 2.12 bits per heavy atom. The molecule has 0 fully saturated rings. The average Bonchev–Trinajstić information content (AvgIpc) is 2.79. The van der Waals surface area contributed by atoms with E-state index in [1.807, 2.05) is 0 Å². The maximum Gasteiger partial charge on any atom is 0.251 e. The molecule has 0 atom stereocenters. The van der Waals surface area contributed by atoms with E-state index in [4.69, 9.17) is 23.2 Å². The van der Waals surface area contributed by atoms with Crippen LogP contribution in [-0.2, 0) is 17.8 Å². The predicted octanol–water partition coefficient (Wildman–Crippen LogP) is 4.83. The molecule has 166 valence electrons. The van der Waals surface area contributed by atoms with Crippen LogP contribution in [-0.4, -0.2) is 24.9 Å². The van der Waals surface area contributed by atoms with Crippen LogP contribution in [0.4, 0.5) is 10.1 Å². The maximum atomic E-state index is 12.9. The van der Waals surface area contributed by atoms with E-state index in [2.05, 4.69) is 16.0 Å². The van der Waals surface area contributed by atoms with Gasteiger partial charge in [0.05, 0.1) is 6.42 Å². The molecule has 0 aliphatic rings. The van der Waals surface area contributed by atoms with Gasteiger partial charge in [0.15, 0.2) is 0 Å². The zero-order valence-electron chi connectivity index (χ0n) is 17.1. The second kappa shape index (κ2) is 11.5. The molecule has 0 saturated carbocycles. The molecule has 5 nitrogen and oxygen atoms in total. The smallest absolute Gasteiger partial charge is 0.251 e. The van der Waals surface area contributed by atoms with Gasteiger partial charge in [0.2, 0.25) is 5.91 Å².